The molecule has 4 rings (SSSR count). The first-order chi connectivity index (χ1) is 12.1. The van der Waals surface area contributed by atoms with E-state index in [0.29, 0.717) is 37.2 Å². The lowest BCUT2D eigenvalue weighted by atomic mass is 10.0. The maximum Gasteiger partial charge on any atom is 0.288 e. The van der Waals surface area contributed by atoms with E-state index >= 15 is 0 Å². The maximum absolute atomic E-state index is 12.7. The van der Waals surface area contributed by atoms with Crippen molar-refractivity contribution < 1.29 is 9.53 Å². The number of carbonyl (C=O) groups is 1. The normalized spacial score (nSPS) is 21.7. The molecule has 2 aromatic rings. The standard InChI is InChI=1S/C16H21N5O3S/c1-11-3-2-4-20(10-11)16-18-21-14(23)12(9-17-15(21)25-16)13(22)19-5-7-24-8-6-19/h9,11H,2-8,10H2,1H3. The Kier molecular flexibility index (Phi) is 4.43. The van der Waals surface area contributed by atoms with Gasteiger partial charge in [0, 0.05) is 32.4 Å². The number of aromatic nitrogens is 3. The first-order valence-corrected chi connectivity index (χ1v) is 9.46. The number of carbonyl (C=O) groups excluding carboxylic acids is 1. The molecule has 0 radical (unpaired) electrons. The molecule has 0 spiro atoms. The number of hydrogen-bond donors (Lipinski definition) is 0. The molecule has 0 aliphatic carbocycles. The van der Waals surface area contributed by atoms with Crippen LogP contribution in [0.4, 0.5) is 5.13 Å². The van der Waals surface area contributed by atoms with Gasteiger partial charge in [-0.1, -0.05) is 18.3 Å². The quantitative estimate of drug-likeness (QED) is 0.787. The van der Waals surface area contributed by atoms with Gasteiger partial charge in [0.25, 0.3) is 11.5 Å². The van der Waals surface area contributed by atoms with E-state index < -0.39 is 5.56 Å². The third kappa shape index (κ3) is 3.13. The Hall–Kier alpha value is -2.00. The second-order valence-electron chi connectivity index (χ2n) is 6.65. The Labute approximate surface area is 149 Å². The zero-order valence-electron chi connectivity index (χ0n) is 14.2. The van der Waals surface area contributed by atoms with E-state index in [1.807, 2.05) is 0 Å². The van der Waals surface area contributed by atoms with Gasteiger partial charge in [0.15, 0.2) is 0 Å². The number of nitrogens with zero attached hydrogens (tertiary/aromatic N) is 5. The summed E-state index contributed by atoms with van der Waals surface area (Å²) in [7, 11) is 0. The van der Waals surface area contributed by atoms with Gasteiger partial charge in [-0.2, -0.15) is 4.52 Å². The number of piperidine rings is 1. The smallest absolute Gasteiger partial charge is 0.288 e. The van der Waals surface area contributed by atoms with Crippen molar-refractivity contribution in [2.75, 3.05) is 44.3 Å². The van der Waals surface area contributed by atoms with Crippen LogP contribution in [0.5, 0.6) is 0 Å². The highest BCUT2D eigenvalue weighted by molar-refractivity contribution is 7.20. The summed E-state index contributed by atoms with van der Waals surface area (Å²) in [6.45, 7) is 6.09. The van der Waals surface area contributed by atoms with Crippen molar-refractivity contribution in [3.63, 3.8) is 0 Å². The first kappa shape index (κ1) is 16.5. The van der Waals surface area contributed by atoms with Crippen LogP contribution >= 0.6 is 11.3 Å². The molecule has 4 heterocycles. The molecule has 8 nitrogen and oxygen atoms in total. The molecule has 2 aliphatic rings. The molecule has 0 saturated carbocycles. The van der Waals surface area contributed by atoms with E-state index in [1.54, 1.807) is 4.90 Å². The zero-order chi connectivity index (χ0) is 17.4. The van der Waals surface area contributed by atoms with Crippen LogP contribution in [0, 0.1) is 5.92 Å². The van der Waals surface area contributed by atoms with Gasteiger partial charge in [0.1, 0.15) is 5.56 Å². The molecular formula is C16H21N5O3S. The second-order valence-corrected chi connectivity index (χ2v) is 7.59. The molecule has 134 valence electrons. The fourth-order valence-corrected chi connectivity index (χ4v) is 4.25. The van der Waals surface area contributed by atoms with Crippen molar-refractivity contribution in [3.05, 3.63) is 22.1 Å². The molecule has 2 aromatic heterocycles. The summed E-state index contributed by atoms with van der Waals surface area (Å²) in [6.07, 6.45) is 3.73. The van der Waals surface area contributed by atoms with Crippen LogP contribution in [-0.4, -0.2) is 64.8 Å². The lowest BCUT2D eigenvalue weighted by Gasteiger charge is -2.30. The third-order valence-electron chi connectivity index (χ3n) is 4.73. The largest absolute Gasteiger partial charge is 0.378 e. The number of anilines is 1. The van der Waals surface area contributed by atoms with Gasteiger partial charge in [-0.05, 0) is 18.8 Å². The minimum Gasteiger partial charge on any atom is -0.378 e. The number of rotatable bonds is 2. The average Bonchev–Trinajstić information content (AvgIpc) is 3.08. The van der Waals surface area contributed by atoms with Gasteiger partial charge < -0.3 is 14.5 Å². The molecule has 1 amide bonds. The van der Waals surface area contributed by atoms with E-state index in [4.69, 9.17) is 4.74 Å². The van der Waals surface area contributed by atoms with Gasteiger partial charge >= 0.3 is 0 Å². The number of ether oxygens (including phenoxy) is 1. The number of hydrogen-bond acceptors (Lipinski definition) is 7. The van der Waals surface area contributed by atoms with Gasteiger partial charge in [-0.25, -0.2) is 4.98 Å². The molecule has 0 bridgehead atoms. The lowest BCUT2D eigenvalue weighted by molar-refractivity contribution is 0.0301. The van der Waals surface area contributed by atoms with Crippen LogP contribution in [0.25, 0.3) is 4.96 Å². The molecular weight excluding hydrogens is 342 g/mol. The van der Waals surface area contributed by atoms with E-state index in [0.717, 1.165) is 24.6 Å². The molecule has 0 aromatic carbocycles. The molecule has 1 atom stereocenters. The fraction of sp³-hybridized carbons (Fsp3) is 0.625. The number of fused-ring (bicyclic) bond motifs is 1. The van der Waals surface area contributed by atoms with Gasteiger partial charge in [-0.3, -0.25) is 9.59 Å². The second kappa shape index (κ2) is 6.72. The zero-order valence-corrected chi connectivity index (χ0v) is 15.0. The summed E-state index contributed by atoms with van der Waals surface area (Å²) in [5, 5.41) is 5.25. The van der Waals surface area contributed by atoms with Gasteiger partial charge in [-0.15, -0.1) is 5.10 Å². The summed E-state index contributed by atoms with van der Waals surface area (Å²) in [4.78, 5) is 34.0. The van der Waals surface area contributed by atoms with E-state index in [2.05, 4.69) is 21.9 Å². The molecule has 1 unspecified atom stereocenters. The SMILES string of the molecule is CC1CCCN(c2nn3c(=O)c(C(=O)N4CCOCC4)cnc3s2)C1. The Morgan fingerprint density at radius 1 is 1.32 bits per heavy atom. The van der Waals surface area contributed by atoms with Crippen LogP contribution in [0.2, 0.25) is 0 Å². The van der Waals surface area contributed by atoms with Gasteiger partial charge in [0.05, 0.1) is 13.2 Å². The average molecular weight is 363 g/mol. The van der Waals surface area contributed by atoms with Crippen LogP contribution < -0.4 is 10.5 Å². The van der Waals surface area contributed by atoms with Crippen LogP contribution in [0.3, 0.4) is 0 Å². The Bertz CT molecular complexity index is 842. The predicted octanol–water partition coefficient (Wildman–Crippen LogP) is 0.860. The number of morpholine rings is 1. The van der Waals surface area contributed by atoms with Crippen molar-refractivity contribution >= 4 is 27.3 Å². The molecule has 2 fully saturated rings. The first-order valence-electron chi connectivity index (χ1n) is 8.64. The van der Waals surface area contributed by atoms with Crippen molar-refractivity contribution in [1.82, 2.24) is 19.5 Å². The summed E-state index contributed by atoms with van der Waals surface area (Å²) < 4.78 is 6.53. The van der Waals surface area contributed by atoms with Crippen molar-refractivity contribution in [1.29, 1.82) is 0 Å². The molecule has 25 heavy (non-hydrogen) atoms. The van der Waals surface area contributed by atoms with Crippen molar-refractivity contribution in [2.24, 2.45) is 5.92 Å². The third-order valence-corrected chi connectivity index (χ3v) is 5.72. The highest BCUT2D eigenvalue weighted by Crippen LogP contribution is 2.26. The molecule has 0 N–H and O–H groups in total. The minimum absolute atomic E-state index is 0.0725. The highest BCUT2D eigenvalue weighted by Gasteiger charge is 2.25. The molecule has 2 saturated heterocycles. The van der Waals surface area contributed by atoms with Crippen LogP contribution in [0.1, 0.15) is 30.1 Å². The fourth-order valence-electron chi connectivity index (χ4n) is 3.35. The summed E-state index contributed by atoms with van der Waals surface area (Å²) >= 11 is 1.40. The van der Waals surface area contributed by atoms with Gasteiger partial charge in [0.2, 0.25) is 10.1 Å². The Morgan fingerprint density at radius 2 is 2.12 bits per heavy atom. The van der Waals surface area contributed by atoms with E-state index in [9.17, 15) is 9.59 Å². The predicted molar refractivity (Wildman–Crippen MR) is 94.5 cm³/mol. The summed E-state index contributed by atoms with van der Waals surface area (Å²) in [5.41, 5.74) is -0.322. The monoisotopic (exact) mass is 363 g/mol. The molecule has 9 heteroatoms. The van der Waals surface area contributed by atoms with E-state index in [-0.39, 0.29) is 11.5 Å². The summed E-state index contributed by atoms with van der Waals surface area (Å²) in [5.74, 6) is 0.320. The van der Waals surface area contributed by atoms with Crippen molar-refractivity contribution in [3.8, 4) is 0 Å². The lowest BCUT2D eigenvalue weighted by Crippen LogP contribution is -2.43. The van der Waals surface area contributed by atoms with Crippen LogP contribution in [0.15, 0.2) is 11.0 Å². The summed E-state index contributed by atoms with van der Waals surface area (Å²) in [6, 6.07) is 0. The number of amides is 1. The van der Waals surface area contributed by atoms with Crippen molar-refractivity contribution in [2.45, 2.75) is 19.8 Å². The van der Waals surface area contributed by atoms with E-state index in [1.165, 1.54) is 28.5 Å². The Morgan fingerprint density at radius 3 is 2.88 bits per heavy atom. The topological polar surface area (TPSA) is 80.0 Å². The molecule has 2 aliphatic heterocycles. The Balaban J connectivity index is 1.65. The van der Waals surface area contributed by atoms with Crippen LogP contribution in [-0.2, 0) is 4.74 Å². The maximum atomic E-state index is 12.7. The highest BCUT2D eigenvalue weighted by atomic mass is 32.1. The minimum atomic E-state index is -0.394.